The van der Waals surface area contributed by atoms with Gasteiger partial charge in [0, 0.05) is 60.8 Å². The number of aliphatic hydroxyl groups excluding tert-OH is 2. The zero-order valence-corrected chi connectivity index (χ0v) is 65.9. The normalized spacial score (nSPS) is 11.3. The molecule has 0 spiro atoms. The first-order valence-corrected chi connectivity index (χ1v) is 36.1. The maximum Gasteiger partial charge on any atom is 0.407 e. The molecule has 106 heavy (non-hydrogen) atoms. The minimum atomic E-state index is -1.11. The van der Waals surface area contributed by atoms with Crippen molar-refractivity contribution < 1.29 is 91.3 Å². The maximum absolute atomic E-state index is 12.7. The molecule has 2 heterocycles. The van der Waals surface area contributed by atoms with Crippen LogP contribution in [0.5, 0.6) is 0 Å². The number of nitrogens with zero attached hydrogens (tertiary/aromatic N) is 2. The number of H-pyrrole nitrogens is 2. The van der Waals surface area contributed by atoms with Crippen LogP contribution in [0.25, 0.3) is 0 Å². The highest BCUT2D eigenvalue weighted by atomic mass is 79.9. The van der Waals surface area contributed by atoms with E-state index in [1.807, 2.05) is 67.6 Å². The smallest absolute Gasteiger partial charge is 0.407 e. The van der Waals surface area contributed by atoms with E-state index in [4.69, 9.17) is 38.6 Å². The molecule has 0 aliphatic heterocycles. The summed E-state index contributed by atoms with van der Waals surface area (Å²) in [5.74, 6) is -2.11. The number of alkyl carbamates (subject to hydrolysis) is 2. The topological polar surface area (TPSA) is 439 Å². The number of hydrogen-bond donors (Lipinski definition) is 10. The van der Waals surface area contributed by atoms with Gasteiger partial charge in [0.25, 0.3) is 11.1 Å². The number of halogens is 2. The Labute approximate surface area is 636 Å². The third-order valence-electron chi connectivity index (χ3n) is 13.7. The Morgan fingerprint density at radius 1 is 0.519 bits per heavy atom. The van der Waals surface area contributed by atoms with Crippen molar-refractivity contribution >= 4 is 104 Å². The SMILES string of the molecule is C=C(C)C(=O)OCCO.C=C(C)C(=O)OCCOC(=O)NCCCCCCNC(=O)Nc1nc(C)cc(=O)[nH]1.CC(=O)C(Br)CC(C)(CC(C)(C)C(=O)OCc1ccccc1)C(=O)OCCO.CC(C)(Br)C(=O)OCc1ccccc1.CCCOC(=O)NCCCCCCNC(=O)Nc1nc(C)cc(=O)[nH]1. The number of benzene rings is 2. The summed E-state index contributed by atoms with van der Waals surface area (Å²) >= 11 is 6.54. The van der Waals surface area contributed by atoms with Crippen molar-refractivity contribution in [3.8, 4) is 0 Å². The van der Waals surface area contributed by atoms with Crippen molar-refractivity contribution in [2.45, 2.75) is 169 Å². The molecule has 4 aromatic rings. The van der Waals surface area contributed by atoms with Gasteiger partial charge in [-0.05, 0) is 125 Å². The van der Waals surface area contributed by atoms with Gasteiger partial charge >= 0.3 is 54.1 Å². The summed E-state index contributed by atoms with van der Waals surface area (Å²) in [7, 11) is 0. The largest absolute Gasteiger partial charge is 0.463 e. The predicted octanol–water partition coefficient (Wildman–Crippen LogP) is 9.93. The molecule has 10 N–H and O–H groups in total. The van der Waals surface area contributed by atoms with E-state index in [0.29, 0.717) is 56.4 Å². The lowest BCUT2D eigenvalue weighted by Crippen LogP contribution is -2.41. The molecule has 590 valence electrons. The van der Waals surface area contributed by atoms with Crippen LogP contribution in [0.1, 0.15) is 155 Å². The molecule has 0 aliphatic rings. The van der Waals surface area contributed by atoms with Gasteiger partial charge in [-0.15, -0.1) is 0 Å². The monoisotopic (exact) mass is 1620 g/mol. The molecule has 2 unspecified atom stereocenters. The van der Waals surface area contributed by atoms with Crippen LogP contribution >= 0.6 is 31.9 Å². The van der Waals surface area contributed by atoms with Crippen LogP contribution in [0.2, 0.25) is 0 Å². The van der Waals surface area contributed by atoms with E-state index in [2.05, 4.69) is 102 Å². The number of nitrogens with one attached hydrogen (secondary N) is 8. The van der Waals surface area contributed by atoms with Crippen molar-refractivity contribution in [2.75, 3.05) is 83.1 Å². The average molecular weight is 1620 g/mol. The van der Waals surface area contributed by atoms with Crippen molar-refractivity contribution in [2.24, 2.45) is 10.8 Å². The van der Waals surface area contributed by atoms with Crippen LogP contribution in [0.3, 0.4) is 0 Å². The molecule has 6 amide bonds. The van der Waals surface area contributed by atoms with Gasteiger partial charge in [0.15, 0.2) is 0 Å². The molecule has 0 fully saturated rings. The summed E-state index contributed by atoms with van der Waals surface area (Å²) < 4.78 is 34.1. The van der Waals surface area contributed by atoms with Gasteiger partial charge in [-0.25, -0.2) is 38.7 Å². The standard InChI is InChI=1S/C21H29BrO6.C19H29N5O6.C16H27N5O4.C11H13BrO2.C6H10O3/c1-15(24)17(22)12-21(4,19(26)27-11-10-23)14-20(2,3)18(25)28-13-16-8-6-5-7-9-16;1-13(2)16(26)29-10-11-30-19(28)21-9-7-5-4-6-8-20-18(27)24-17-22-14(3)12-15(25)23-17;1-3-10-25-16(24)18-9-7-5-4-6-8-17-15(23)21-14-19-12(2)11-13(22)20-14;1-11(2,12)10(13)14-8-9-6-4-3-5-7-9;1-5(2)6(8)9-4-3-7/h5-9,17,23H,10-14H2,1-4H3;12H,1,4-11H2,2-3H3,(H,21,28)(H3,20,22,23,24,25,27);11H,3-10H2,1-2H3,(H,18,24)(H3,17,19,20,21,22,23);3-7H,8H2,1-2H3;7H,1,3-4H2,2H3. The van der Waals surface area contributed by atoms with Crippen LogP contribution in [0, 0.1) is 24.7 Å². The Morgan fingerprint density at radius 2 is 0.896 bits per heavy atom. The number of aromatic amines is 2. The second-order valence-electron chi connectivity index (χ2n) is 25.1. The first kappa shape index (κ1) is 96.7. The molecule has 0 saturated heterocycles. The van der Waals surface area contributed by atoms with E-state index in [1.165, 1.54) is 26.0 Å². The van der Waals surface area contributed by atoms with E-state index in [9.17, 15) is 57.5 Å². The number of carbonyl (C=O) groups excluding carboxylic acids is 10. The van der Waals surface area contributed by atoms with E-state index >= 15 is 0 Å². The van der Waals surface area contributed by atoms with Crippen LogP contribution in [0.4, 0.5) is 31.1 Å². The van der Waals surface area contributed by atoms with Crippen molar-refractivity contribution in [1.82, 2.24) is 41.2 Å². The number of hydrogen-bond acceptors (Lipinski definition) is 23. The number of alkyl halides is 2. The fraction of sp³-hybridized carbons (Fsp3) is 0.534. The fourth-order valence-electron chi connectivity index (χ4n) is 8.46. The zero-order chi connectivity index (χ0) is 80.1. The number of urea groups is 2. The number of rotatable bonds is 39. The predicted molar refractivity (Wildman–Crippen MR) is 406 cm³/mol. The molecule has 0 saturated carbocycles. The van der Waals surface area contributed by atoms with Gasteiger partial charge < -0.3 is 64.6 Å². The number of aliphatic hydroxyl groups is 2. The summed E-state index contributed by atoms with van der Waals surface area (Å²) in [4.78, 5) is 151. The molecule has 4 rings (SSSR count). The Balaban J connectivity index is 0.00000136. The molecule has 0 radical (unpaired) electrons. The van der Waals surface area contributed by atoms with Crippen molar-refractivity contribution in [3.05, 3.63) is 140 Å². The molecular formula is C73H108Br2N10O21. The van der Waals surface area contributed by atoms with Gasteiger partial charge in [0.2, 0.25) is 11.9 Å². The highest BCUT2D eigenvalue weighted by Crippen LogP contribution is 2.41. The van der Waals surface area contributed by atoms with E-state index in [1.54, 1.807) is 55.4 Å². The molecule has 0 bridgehead atoms. The number of ketones is 1. The third kappa shape index (κ3) is 48.6. The summed E-state index contributed by atoms with van der Waals surface area (Å²) in [5, 5.41) is 32.8. The molecular weight excluding hydrogens is 1510 g/mol. The summed E-state index contributed by atoms with van der Waals surface area (Å²) in [5.41, 5.74) is 0.820. The Bertz CT molecular complexity index is 3480. The second-order valence-corrected chi connectivity index (χ2v) is 28.2. The Morgan fingerprint density at radius 3 is 1.27 bits per heavy atom. The quantitative estimate of drug-likeness (QED) is 0.00652. The summed E-state index contributed by atoms with van der Waals surface area (Å²) in [6.45, 7) is 27.6. The molecule has 2 atom stereocenters. The molecule has 2 aromatic heterocycles. The van der Waals surface area contributed by atoms with E-state index < -0.39 is 62.0 Å². The number of ether oxygens (including phenoxy) is 7. The van der Waals surface area contributed by atoms with Crippen molar-refractivity contribution in [1.29, 1.82) is 0 Å². The lowest BCUT2D eigenvalue weighted by molar-refractivity contribution is -0.164. The molecule has 33 heteroatoms. The summed E-state index contributed by atoms with van der Waals surface area (Å²) in [6.07, 6.45) is 7.01. The van der Waals surface area contributed by atoms with Gasteiger partial charge in [0.05, 0.1) is 35.5 Å². The van der Waals surface area contributed by atoms with Crippen molar-refractivity contribution in [3.63, 3.8) is 0 Å². The average Bonchev–Trinajstić information content (AvgIpc) is 0.804. The first-order chi connectivity index (χ1) is 50.0. The van der Waals surface area contributed by atoms with Crippen LogP contribution in [-0.2, 0) is 75.1 Å². The number of anilines is 2. The lowest BCUT2D eigenvalue weighted by Gasteiger charge is -2.35. The number of aromatic nitrogens is 4. The first-order valence-electron chi connectivity index (χ1n) is 34.4. The number of aryl methyl sites for hydroxylation is 2. The lowest BCUT2D eigenvalue weighted by atomic mass is 9.71. The van der Waals surface area contributed by atoms with Gasteiger partial charge in [-0.3, -0.25) is 49.4 Å². The molecule has 31 nitrogen and oxygen atoms in total. The summed E-state index contributed by atoms with van der Waals surface area (Å²) in [6, 6.07) is 20.8. The van der Waals surface area contributed by atoms with Gasteiger partial charge in [-0.1, -0.05) is 138 Å². The second kappa shape index (κ2) is 55.2. The highest BCUT2D eigenvalue weighted by molar-refractivity contribution is 9.10. The van der Waals surface area contributed by atoms with Crippen LogP contribution in [-0.4, -0.2) is 172 Å². The molecule has 2 aromatic carbocycles. The van der Waals surface area contributed by atoms with E-state index in [0.717, 1.165) is 68.9 Å². The van der Waals surface area contributed by atoms with Gasteiger partial charge in [0.1, 0.15) is 49.7 Å². The number of unbranched alkanes of at least 4 members (excludes halogenated alkanes) is 6. The minimum Gasteiger partial charge on any atom is -0.463 e. The number of carbonyl (C=O) groups is 10. The zero-order valence-electron chi connectivity index (χ0n) is 62.7. The number of esters is 5. The molecule has 0 aliphatic carbocycles. The van der Waals surface area contributed by atoms with Gasteiger partial charge in [-0.2, -0.15) is 0 Å². The Kier molecular flexibility index (Phi) is 50.3. The van der Waals surface area contributed by atoms with Crippen LogP contribution in [0.15, 0.2) is 107 Å². The van der Waals surface area contributed by atoms with Crippen LogP contribution < -0.4 is 43.0 Å². The third-order valence-corrected chi connectivity index (χ3v) is 15.0. The van der Waals surface area contributed by atoms with E-state index in [-0.39, 0.29) is 106 Å². The minimum absolute atomic E-state index is 0.0181. The maximum atomic E-state index is 12.7. The number of Topliss-reactive ketones (excluding diaryl/α,β-unsaturated/α-hetero) is 1. The number of amides is 6. The Hall–Kier alpha value is -9.34. The fourth-order valence-corrected chi connectivity index (χ4v) is 9.29. The highest BCUT2D eigenvalue weighted by Gasteiger charge is 2.45.